The van der Waals surface area contributed by atoms with Gasteiger partial charge in [-0.15, -0.1) is 0 Å². The first-order chi connectivity index (χ1) is 6.21. The van der Waals surface area contributed by atoms with Crippen molar-refractivity contribution in [3.8, 4) is 0 Å². The van der Waals surface area contributed by atoms with E-state index in [9.17, 15) is 4.79 Å². The number of hydrogen-bond acceptors (Lipinski definition) is 5. The molecule has 1 aliphatic heterocycles. The Balaban J connectivity index is 2.70. The molecule has 0 aliphatic carbocycles. The molecule has 3 unspecified atom stereocenters. The molecule has 1 fully saturated rings. The summed E-state index contributed by atoms with van der Waals surface area (Å²) >= 11 is 0. The highest BCUT2D eigenvalue weighted by molar-refractivity contribution is 5.55. The van der Waals surface area contributed by atoms with Crippen LogP contribution < -0.4 is 0 Å². The molecule has 0 amide bonds. The van der Waals surface area contributed by atoms with Crippen LogP contribution >= 0.6 is 0 Å². The van der Waals surface area contributed by atoms with Crippen LogP contribution in [0.3, 0.4) is 0 Å². The molecule has 76 valence electrons. The average Bonchev–Trinajstić information content (AvgIpc) is 2.57. The topological polar surface area (TPSA) is 65.0 Å². The smallest absolute Gasteiger partial charge is 0.195 e. The number of aldehydes is 1. The standard InChI is InChI=1S/C8H14O5/c1-11-7-6(4-9)3-8(5-10,12-2)13-7/h4,6-7,10H,3,5H2,1-2H3. The molecule has 5 nitrogen and oxygen atoms in total. The fourth-order valence-corrected chi connectivity index (χ4v) is 1.44. The third kappa shape index (κ3) is 1.88. The van der Waals surface area contributed by atoms with Crippen LogP contribution in [0.25, 0.3) is 0 Å². The van der Waals surface area contributed by atoms with Crippen molar-refractivity contribution in [2.24, 2.45) is 5.92 Å². The molecule has 3 atom stereocenters. The fraction of sp³-hybridized carbons (Fsp3) is 0.875. The van der Waals surface area contributed by atoms with E-state index < -0.39 is 12.1 Å². The number of rotatable bonds is 4. The van der Waals surface area contributed by atoms with E-state index in [2.05, 4.69) is 0 Å². The molecular weight excluding hydrogens is 176 g/mol. The first kappa shape index (κ1) is 10.6. The molecule has 0 aromatic rings. The highest BCUT2D eigenvalue weighted by atomic mass is 16.8. The van der Waals surface area contributed by atoms with Crippen molar-refractivity contribution in [2.75, 3.05) is 20.8 Å². The lowest BCUT2D eigenvalue weighted by atomic mass is 10.0. The quantitative estimate of drug-likeness (QED) is 0.607. The van der Waals surface area contributed by atoms with Crippen LogP contribution in [0.2, 0.25) is 0 Å². The van der Waals surface area contributed by atoms with E-state index in [1.54, 1.807) is 0 Å². The molecule has 0 bridgehead atoms. The molecule has 1 saturated heterocycles. The van der Waals surface area contributed by atoms with Gasteiger partial charge >= 0.3 is 0 Å². The Morgan fingerprint density at radius 3 is 2.69 bits per heavy atom. The van der Waals surface area contributed by atoms with Crippen LogP contribution in [0.1, 0.15) is 6.42 Å². The molecule has 1 N–H and O–H groups in total. The number of carbonyl (C=O) groups excluding carboxylic acids is 1. The molecule has 0 saturated carbocycles. The summed E-state index contributed by atoms with van der Waals surface area (Å²) in [6.45, 7) is -0.284. The van der Waals surface area contributed by atoms with E-state index in [4.69, 9.17) is 19.3 Å². The zero-order chi connectivity index (χ0) is 9.90. The van der Waals surface area contributed by atoms with Crippen molar-refractivity contribution < 1.29 is 24.1 Å². The predicted molar refractivity (Wildman–Crippen MR) is 42.9 cm³/mol. The maximum absolute atomic E-state index is 10.6. The van der Waals surface area contributed by atoms with Gasteiger partial charge in [0.15, 0.2) is 12.1 Å². The monoisotopic (exact) mass is 190 g/mol. The molecule has 0 radical (unpaired) electrons. The second-order valence-corrected chi connectivity index (χ2v) is 3.00. The Kier molecular flexibility index (Phi) is 3.38. The van der Waals surface area contributed by atoms with Crippen molar-refractivity contribution >= 4 is 6.29 Å². The lowest BCUT2D eigenvalue weighted by Gasteiger charge is -2.24. The first-order valence-corrected chi connectivity index (χ1v) is 4.03. The van der Waals surface area contributed by atoms with Crippen LogP contribution in [-0.2, 0) is 19.0 Å². The predicted octanol–water partition coefficient (Wildman–Crippen LogP) is -0.471. The van der Waals surface area contributed by atoms with Gasteiger partial charge in [0.25, 0.3) is 0 Å². The summed E-state index contributed by atoms with van der Waals surface area (Å²) in [5.41, 5.74) is 0. The Labute approximate surface area is 76.6 Å². The molecule has 0 aromatic carbocycles. The summed E-state index contributed by atoms with van der Waals surface area (Å²) < 4.78 is 15.2. The zero-order valence-electron chi connectivity index (χ0n) is 7.73. The first-order valence-electron chi connectivity index (χ1n) is 4.03. The van der Waals surface area contributed by atoms with Gasteiger partial charge in [-0.05, 0) is 0 Å². The summed E-state index contributed by atoms with van der Waals surface area (Å²) in [4.78, 5) is 10.6. The van der Waals surface area contributed by atoms with Gasteiger partial charge in [0.1, 0.15) is 6.29 Å². The van der Waals surface area contributed by atoms with Crippen molar-refractivity contribution in [2.45, 2.75) is 18.5 Å². The highest BCUT2D eigenvalue weighted by Gasteiger charge is 2.46. The minimum atomic E-state index is -1.08. The fourth-order valence-electron chi connectivity index (χ4n) is 1.44. The summed E-state index contributed by atoms with van der Waals surface area (Å²) in [5.74, 6) is -1.45. The largest absolute Gasteiger partial charge is 0.391 e. The van der Waals surface area contributed by atoms with Crippen molar-refractivity contribution in [1.29, 1.82) is 0 Å². The molecular formula is C8H14O5. The molecule has 1 aliphatic rings. The second-order valence-electron chi connectivity index (χ2n) is 3.00. The van der Waals surface area contributed by atoms with E-state index in [0.717, 1.165) is 6.29 Å². The molecule has 1 rings (SSSR count). The number of methoxy groups -OCH3 is 2. The van der Waals surface area contributed by atoms with E-state index in [1.165, 1.54) is 14.2 Å². The van der Waals surface area contributed by atoms with E-state index in [1.807, 2.05) is 0 Å². The molecule has 13 heavy (non-hydrogen) atoms. The summed E-state index contributed by atoms with van der Waals surface area (Å²) in [6.07, 6.45) is 0.455. The van der Waals surface area contributed by atoms with E-state index >= 15 is 0 Å². The number of ether oxygens (including phenoxy) is 3. The number of aliphatic hydroxyl groups is 1. The Hall–Kier alpha value is -0.490. The van der Waals surface area contributed by atoms with Crippen LogP contribution in [0, 0.1) is 5.92 Å². The minimum Gasteiger partial charge on any atom is -0.391 e. The molecule has 0 spiro atoms. The van der Waals surface area contributed by atoms with Crippen molar-refractivity contribution in [1.82, 2.24) is 0 Å². The van der Waals surface area contributed by atoms with Crippen LogP contribution in [0.5, 0.6) is 0 Å². The van der Waals surface area contributed by atoms with Crippen LogP contribution in [0.15, 0.2) is 0 Å². The van der Waals surface area contributed by atoms with Gasteiger partial charge in [-0.2, -0.15) is 0 Å². The van der Waals surface area contributed by atoms with Gasteiger partial charge in [-0.3, -0.25) is 0 Å². The molecule has 5 heteroatoms. The lowest BCUT2D eigenvalue weighted by molar-refractivity contribution is -0.270. The Bertz CT molecular complexity index is 177. The van der Waals surface area contributed by atoms with E-state index in [0.29, 0.717) is 6.42 Å². The number of carbonyl (C=O) groups is 1. The van der Waals surface area contributed by atoms with Gasteiger partial charge in [0, 0.05) is 20.6 Å². The van der Waals surface area contributed by atoms with Crippen LogP contribution in [0.4, 0.5) is 0 Å². The summed E-state index contributed by atoms with van der Waals surface area (Å²) in [7, 11) is 2.88. The lowest BCUT2D eigenvalue weighted by Crippen LogP contribution is -2.35. The maximum atomic E-state index is 10.6. The van der Waals surface area contributed by atoms with Gasteiger partial charge in [-0.1, -0.05) is 0 Å². The van der Waals surface area contributed by atoms with Gasteiger partial charge in [0.05, 0.1) is 12.5 Å². The molecule has 0 aromatic heterocycles. The Morgan fingerprint density at radius 1 is 1.69 bits per heavy atom. The highest BCUT2D eigenvalue weighted by Crippen LogP contribution is 2.34. The SMILES string of the molecule is COC1OC(CO)(OC)CC1C=O. The van der Waals surface area contributed by atoms with Gasteiger partial charge in [-0.25, -0.2) is 0 Å². The summed E-state index contributed by atoms with van der Waals surface area (Å²) in [5, 5.41) is 9.02. The minimum absolute atomic E-state index is 0.284. The summed E-state index contributed by atoms with van der Waals surface area (Å²) in [6, 6.07) is 0. The third-order valence-corrected chi connectivity index (χ3v) is 2.25. The third-order valence-electron chi connectivity index (χ3n) is 2.25. The number of aliphatic hydroxyl groups excluding tert-OH is 1. The van der Waals surface area contributed by atoms with Gasteiger partial charge in [0.2, 0.25) is 0 Å². The average molecular weight is 190 g/mol. The van der Waals surface area contributed by atoms with E-state index in [-0.39, 0.29) is 12.5 Å². The molecule has 1 heterocycles. The van der Waals surface area contributed by atoms with Gasteiger partial charge < -0.3 is 24.1 Å². The normalized spacial score (nSPS) is 39.3. The zero-order valence-corrected chi connectivity index (χ0v) is 7.73. The maximum Gasteiger partial charge on any atom is 0.195 e. The second kappa shape index (κ2) is 4.15. The van der Waals surface area contributed by atoms with Crippen LogP contribution in [-0.4, -0.2) is 44.3 Å². The Morgan fingerprint density at radius 2 is 2.38 bits per heavy atom. The van der Waals surface area contributed by atoms with Crippen molar-refractivity contribution in [3.05, 3.63) is 0 Å². The van der Waals surface area contributed by atoms with Crippen molar-refractivity contribution in [3.63, 3.8) is 0 Å². The number of hydrogen-bond donors (Lipinski definition) is 1.